The van der Waals surface area contributed by atoms with Gasteiger partial charge in [-0.05, 0) is 18.2 Å². The quantitative estimate of drug-likeness (QED) is 0.737. The zero-order valence-electron chi connectivity index (χ0n) is 13.1. The number of aliphatic hydroxyl groups is 1. The third-order valence-corrected chi connectivity index (χ3v) is 3.81. The minimum Gasteiger partial charge on any atom is -0.368 e. The molecule has 1 fully saturated rings. The number of carbonyl (C=O) groups excluding carboxylic acids is 2. The third kappa shape index (κ3) is 3.41. The van der Waals surface area contributed by atoms with Crippen molar-refractivity contribution in [3.63, 3.8) is 0 Å². The van der Waals surface area contributed by atoms with E-state index in [1.807, 2.05) is 6.07 Å². The first kappa shape index (κ1) is 16.4. The highest BCUT2D eigenvalue weighted by Gasteiger charge is 2.46. The fourth-order valence-electron chi connectivity index (χ4n) is 2.51. The maximum atomic E-state index is 12.2. The molecule has 3 rings (SSSR count). The summed E-state index contributed by atoms with van der Waals surface area (Å²) in [7, 11) is 0. The number of hydrogen-bond acceptors (Lipinski definition) is 5. The topological polar surface area (TPSA) is 118 Å². The van der Waals surface area contributed by atoms with E-state index in [2.05, 4.69) is 15.6 Å². The average Bonchev–Trinajstić information content (AvgIpc) is 2.92. The smallest absolute Gasteiger partial charge is 0.324 e. The summed E-state index contributed by atoms with van der Waals surface area (Å²) in [5.74, 6) is -0.438. The van der Waals surface area contributed by atoms with E-state index in [4.69, 9.17) is 5.26 Å². The molecule has 25 heavy (non-hydrogen) atoms. The summed E-state index contributed by atoms with van der Waals surface area (Å²) in [6.45, 7) is 0.211. The number of pyridine rings is 1. The van der Waals surface area contributed by atoms with Crippen molar-refractivity contribution in [1.82, 2.24) is 4.98 Å². The molecule has 126 valence electrons. The van der Waals surface area contributed by atoms with E-state index in [9.17, 15) is 14.7 Å². The van der Waals surface area contributed by atoms with Gasteiger partial charge in [-0.15, -0.1) is 0 Å². The lowest BCUT2D eigenvalue weighted by molar-refractivity contribution is -0.128. The van der Waals surface area contributed by atoms with E-state index in [1.54, 1.807) is 36.4 Å². The van der Waals surface area contributed by atoms with Gasteiger partial charge in [-0.3, -0.25) is 10.1 Å². The van der Waals surface area contributed by atoms with Gasteiger partial charge in [0.15, 0.2) is 0 Å². The summed E-state index contributed by atoms with van der Waals surface area (Å²) >= 11 is 0. The zero-order chi connectivity index (χ0) is 17.9. The number of urea groups is 1. The molecular weight excluding hydrogens is 322 g/mol. The molecule has 3 amide bonds. The van der Waals surface area contributed by atoms with Crippen LogP contribution in [0.4, 0.5) is 22.0 Å². The summed E-state index contributed by atoms with van der Waals surface area (Å²) in [5.41, 5.74) is -0.923. The Morgan fingerprint density at radius 2 is 2.04 bits per heavy atom. The molecule has 8 heteroatoms. The number of para-hydroxylation sites is 1. The van der Waals surface area contributed by atoms with Crippen LogP contribution in [-0.4, -0.2) is 34.2 Å². The molecule has 0 spiro atoms. The Hall–Kier alpha value is -3.44. The Bertz CT molecular complexity index is 849. The number of nitrogens with zero attached hydrogens (tertiary/aromatic N) is 3. The van der Waals surface area contributed by atoms with Crippen molar-refractivity contribution >= 4 is 29.1 Å². The molecule has 1 aromatic carbocycles. The van der Waals surface area contributed by atoms with Crippen LogP contribution in [0.15, 0.2) is 48.7 Å². The fourth-order valence-corrected chi connectivity index (χ4v) is 2.51. The van der Waals surface area contributed by atoms with Gasteiger partial charge in [0.05, 0.1) is 0 Å². The predicted octanol–water partition coefficient (Wildman–Crippen LogP) is 1.72. The van der Waals surface area contributed by atoms with Crippen LogP contribution in [0.3, 0.4) is 0 Å². The Morgan fingerprint density at radius 1 is 1.28 bits per heavy atom. The molecule has 1 aromatic heterocycles. The average molecular weight is 337 g/mol. The van der Waals surface area contributed by atoms with Crippen LogP contribution in [0.5, 0.6) is 0 Å². The van der Waals surface area contributed by atoms with Crippen LogP contribution in [0.2, 0.25) is 0 Å². The van der Waals surface area contributed by atoms with Crippen molar-refractivity contribution in [3.05, 3.63) is 48.7 Å². The van der Waals surface area contributed by atoms with Gasteiger partial charge in [0.2, 0.25) is 5.60 Å². The molecular formula is C17H15N5O3. The number of benzene rings is 1. The van der Waals surface area contributed by atoms with Gasteiger partial charge in [0, 0.05) is 36.6 Å². The lowest BCUT2D eigenvalue weighted by Crippen LogP contribution is -2.38. The summed E-state index contributed by atoms with van der Waals surface area (Å²) in [5, 5.41) is 24.1. The number of aromatic nitrogens is 1. The monoisotopic (exact) mass is 337 g/mol. The molecule has 3 N–H and O–H groups in total. The van der Waals surface area contributed by atoms with Gasteiger partial charge < -0.3 is 15.3 Å². The van der Waals surface area contributed by atoms with E-state index in [0.717, 1.165) is 0 Å². The first-order valence-electron chi connectivity index (χ1n) is 7.56. The molecule has 0 aliphatic carbocycles. The number of nitriles is 1. The SMILES string of the molecule is N#C[C@@]1(O)CCN(c2ccnc(NC(=O)Nc3ccccc3)c2)C1=O. The van der Waals surface area contributed by atoms with Crippen LogP contribution >= 0.6 is 0 Å². The Labute approximate surface area is 143 Å². The van der Waals surface area contributed by atoms with E-state index in [0.29, 0.717) is 11.4 Å². The number of rotatable bonds is 3. The normalized spacial score (nSPS) is 19.4. The molecule has 1 atom stereocenters. The maximum Gasteiger partial charge on any atom is 0.324 e. The fraction of sp³-hybridized carbons (Fsp3) is 0.176. The summed E-state index contributed by atoms with van der Waals surface area (Å²) < 4.78 is 0. The number of nitrogens with one attached hydrogen (secondary N) is 2. The van der Waals surface area contributed by atoms with Crippen LogP contribution in [0, 0.1) is 11.3 Å². The maximum absolute atomic E-state index is 12.2. The van der Waals surface area contributed by atoms with E-state index in [1.165, 1.54) is 17.2 Å². The van der Waals surface area contributed by atoms with Crippen molar-refractivity contribution in [2.24, 2.45) is 0 Å². The van der Waals surface area contributed by atoms with Gasteiger partial charge in [-0.2, -0.15) is 5.26 Å². The first-order chi connectivity index (χ1) is 12.0. The number of hydrogen-bond donors (Lipinski definition) is 3. The lowest BCUT2D eigenvalue weighted by Gasteiger charge is -2.18. The molecule has 1 aliphatic heterocycles. The lowest BCUT2D eigenvalue weighted by atomic mass is 10.1. The van der Waals surface area contributed by atoms with E-state index >= 15 is 0 Å². The molecule has 1 aliphatic rings. The standard InChI is InChI=1S/C17H15N5O3/c18-11-17(25)7-9-22(15(17)23)13-6-8-19-14(10-13)21-16(24)20-12-4-2-1-3-5-12/h1-6,8,10,25H,7,9H2,(H2,19,20,21,24)/t17-/m0/s1. The first-order valence-corrected chi connectivity index (χ1v) is 7.56. The Balaban J connectivity index is 1.71. The zero-order valence-corrected chi connectivity index (χ0v) is 13.1. The van der Waals surface area contributed by atoms with Crippen molar-refractivity contribution in [2.45, 2.75) is 12.0 Å². The number of amides is 3. The minimum absolute atomic E-state index is 0.0297. The predicted molar refractivity (Wildman–Crippen MR) is 90.9 cm³/mol. The highest BCUT2D eigenvalue weighted by Crippen LogP contribution is 2.28. The van der Waals surface area contributed by atoms with Crippen molar-refractivity contribution in [3.8, 4) is 6.07 Å². The number of carbonyl (C=O) groups is 2. The third-order valence-electron chi connectivity index (χ3n) is 3.81. The number of anilines is 3. The second-order valence-electron chi connectivity index (χ2n) is 5.52. The Morgan fingerprint density at radius 3 is 2.72 bits per heavy atom. The molecule has 8 nitrogen and oxygen atoms in total. The highest BCUT2D eigenvalue weighted by atomic mass is 16.3. The molecule has 0 radical (unpaired) electrons. The molecule has 2 heterocycles. The van der Waals surface area contributed by atoms with Crippen LogP contribution in [0.25, 0.3) is 0 Å². The van der Waals surface area contributed by atoms with E-state index < -0.39 is 17.5 Å². The molecule has 0 unspecified atom stereocenters. The van der Waals surface area contributed by atoms with Gasteiger partial charge in [-0.25, -0.2) is 9.78 Å². The Kier molecular flexibility index (Phi) is 4.33. The molecule has 1 saturated heterocycles. The second-order valence-corrected chi connectivity index (χ2v) is 5.52. The van der Waals surface area contributed by atoms with Gasteiger partial charge in [0.25, 0.3) is 5.91 Å². The molecule has 2 aromatic rings. The summed E-state index contributed by atoms with van der Waals surface area (Å²) in [6, 6.07) is 13.2. The van der Waals surface area contributed by atoms with Gasteiger partial charge in [0.1, 0.15) is 11.9 Å². The molecule has 0 saturated carbocycles. The highest BCUT2D eigenvalue weighted by molar-refractivity contribution is 6.04. The van der Waals surface area contributed by atoms with Crippen LogP contribution in [-0.2, 0) is 4.79 Å². The van der Waals surface area contributed by atoms with Crippen LogP contribution in [0.1, 0.15) is 6.42 Å². The second kappa shape index (κ2) is 6.59. The van der Waals surface area contributed by atoms with Gasteiger partial charge >= 0.3 is 6.03 Å². The molecule has 0 bridgehead atoms. The minimum atomic E-state index is -2.00. The largest absolute Gasteiger partial charge is 0.368 e. The summed E-state index contributed by atoms with van der Waals surface area (Å²) in [4.78, 5) is 29.5. The van der Waals surface area contributed by atoms with Crippen molar-refractivity contribution in [2.75, 3.05) is 22.1 Å². The summed E-state index contributed by atoms with van der Waals surface area (Å²) in [6.07, 6.45) is 1.46. The van der Waals surface area contributed by atoms with E-state index in [-0.39, 0.29) is 18.8 Å². The van der Waals surface area contributed by atoms with Crippen LogP contribution < -0.4 is 15.5 Å². The van der Waals surface area contributed by atoms with Crippen molar-refractivity contribution in [1.29, 1.82) is 5.26 Å². The van der Waals surface area contributed by atoms with Gasteiger partial charge in [-0.1, -0.05) is 18.2 Å². The van der Waals surface area contributed by atoms with Crippen molar-refractivity contribution < 1.29 is 14.7 Å².